The van der Waals surface area contributed by atoms with Crippen LogP contribution in [0.25, 0.3) is 0 Å². The lowest BCUT2D eigenvalue weighted by Gasteiger charge is -2.18. The van der Waals surface area contributed by atoms with E-state index in [1.165, 1.54) is 186 Å². The van der Waals surface area contributed by atoms with Crippen LogP contribution in [0.4, 0.5) is 0 Å². The monoisotopic (exact) mass is 913 g/mol. The van der Waals surface area contributed by atoms with Crippen molar-refractivity contribution in [3.63, 3.8) is 0 Å². The lowest BCUT2D eigenvalue weighted by Crippen LogP contribution is -2.30. The summed E-state index contributed by atoms with van der Waals surface area (Å²) in [6.07, 6.45) is 64.3. The summed E-state index contributed by atoms with van der Waals surface area (Å²) in [5.74, 6) is -0.874. The van der Waals surface area contributed by atoms with E-state index in [0.717, 1.165) is 77.0 Å². The molecule has 0 amide bonds. The van der Waals surface area contributed by atoms with E-state index in [1.807, 2.05) is 0 Å². The number of rotatable bonds is 52. The van der Waals surface area contributed by atoms with E-state index in [-0.39, 0.29) is 31.1 Å². The molecule has 0 fully saturated rings. The lowest BCUT2D eigenvalue weighted by molar-refractivity contribution is -0.167. The molecule has 6 heteroatoms. The molecule has 6 nitrogen and oxygen atoms in total. The molecule has 0 aromatic carbocycles. The van der Waals surface area contributed by atoms with Crippen molar-refractivity contribution in [1.82, 2.24) is 0 Å². The summed E-state index contributed by atoms with van der Waals surface area (Å²) in [6.45, 7) is 6.63. The van der Waals surface area contributed by atoms with Crippen LogP contribution in [0, 0.1) is 0 Å². The quantitative estimate of drug-likeness (QED) is 0.0262. The van der Waals surface area contributed by atoms with Crippen LogP contribution in [0.5, 0.6) is 0 Å². The topological polar surface area (TPSA) is 78.9 Å². The van der Waals surface area contributed by atoms with E-state index in [4.69, 9.17) is 14.2 Å². The fourth-order valence-electron chi connectivity index (χ4n) is 8.33. The summed E-state index contributed by atoms with van der Waals surface area (Å²) in [5, 5.41) is 0. The zero-order valence-electron chi connectivity index (χ0n) is 43.5. The number of ether oxygens (including phenoxy) is 3. The molecular weight excluding hydrogens is 805 g/mol. The van der Waals surface area contributed by atoms with Gasteiger partial charge in [-0.25, -0.2) is 0 Å². The Bertz CT molecular complexity index is 1090. The third-order valence-corrected chi connectivity index (χ3v) is 12.6. The molecule has 0 rings (SSSR count). The van der Waals surface area contributed by atoms with E-state index in [2.05, 4.69) is 57.2 Å². The number of hydrogen-bond donors (Lipinski definition) is 0. The first kappa shape index (κ1) is 62.6. The van der Waals surface area contributed by atoms with Gasteiger partial charge in [-0.1, -0.05) is 263 Å². The van der Waals surface area contributed by atoms with Crippen molar-refractivity contribution in [2.45, 2.75) is 309 Å². The Labute approximate surface area is 404 Å². The lowest BCUT2D eigenvalue weighted by atomic mass is 10.0. The molecular formula is C59H108O6. The highest BCUT2D eigenvalue weighted by molar-refractivity contribution is 5.71. The van der Waals surface area contributed by atoms with Gasteiger partial charge in [0, 0.05) is 19.3 Å². The van der Waals surface area contributed by atoms with Gasteiger partial charge in [-0.05, 0) is 57.8 Å². The molecule has 0 saturated carbocycles. The van der Waals surface area contributed by atoms with Crippen LogP contribution in [0.3, 0.4) is 0 Å². The largest absolute Gasteiger partial charge is 0.462 e. The van der Waals surface area contributed by atoms with Crippen molar-refractivity contribution < 1.29 is 28.6 Å². The molecule has 0 aromatic heterocycles. The summed E-state index contributed by atoms with van der Waals surface area (Å²) < 4.78 is 16.8. The molecule has 0 bridgehead atoms. The highest BCUT2D eigenvalue weighted by Crippen LogP contribution is 2.16. The van der Waals surface area contributed by atoms with Gasteiger partial charge in [0.25, 0.3) is 0 Å². The summed E-state index contributed by atoms with van der Waals surface area (Å²) >= 11 is 0. The molecule has 0 spiro atoms. The normalized spacial score (nSPS) is 12.2. The Hall–Kier alpha value is -2.37. The van der Waals surface area contributed by atoms with Crippen molar-refractivity contribution in [2.24, 2.45) is 0 Å². The van der Waals surface area contributed by atoms with Crippen molar-refractivity contribution >= 4 is 17.9 Å². The van der Waals surface area contributed by atoms with Crippen molar-refractivity contribution in [3.8, 4) is 0 Å². The van der Waals surface area contributed by atoms with Crippen molar-refractivity contribution in [1.29, 1.82) is 0 Å². The van der Waals surface area contributed by atoms with Gasteiger partial charge in [-0.3, -0.25) is 14.4 Å². The minimum atomic E-state index is -0.772. The van der Waals surface area contributed by atoms with Gasteiger partial charge in [0.1, 0.15) is 13.2 Å². The van der Waals surface area contributed by atoms with Crippen LogP contribution in [0.2, 0.25) is 0 Å². The Kier molecular flexibility index (Phi) is 52.3. The van der Waals surface area contributed by atoms with Crippen molar-refractivity contribution in [3.05, 3.63) is 36.5 Å². The molecule has 0 radical (unpaired) electrons. The maximum absolute atomic E-state index is 12.8. The number of esters is 3. The van der Waals surface area contributed by atoms with E-state index in [9.17, 15) is 14.4 Å². The van der Waals surface area contributed by atoms with E-state index >= 15 is 0 Å². The van der Waals surface area contributed by atoms with Gasteiger partial charge >= 0.3 is 17.9 Å². The maximum Gasteiger partial charge on any atom is 0.306 e. The molecule has 0 aliphatic heterocycles. The Balaban J connectivity index is 4.24. The average Bonchev–Trinajstić information content (AvgIpc) is 3.30. The smallest absolute Gasteiger partial charge is 0.306 e. The predicted octanol–water partition coefficient (Wildman–Crippen LogP) is 18.9. The highest BCUT2D eigenvalue weighted by Gasteiger charge is 2.19. The predicted molar refractivity (Wildman–Crippen MR) is 279 cm³/mol. The third-order valence-electron chi connectivity index (χ3n) is 12.6. The van der Waals surface area contributed by atoms with Gasteiger partial charge in [-0.15, -0.1) is 0 Å². The van der Waals surface area contributed by atoms with Crippen LogP contribution < -0.4 is 0 Å². The molecule has 0 aromatic rings. The fourth-order valence-corrected chi connectivity index (χ4v) is 8.33. The molecule has 0 saturated heterocycles. The molecule has 380 valence electrons. The van der Waals surface area contributed by atoms with Crippen LogP contribution in [-0.2, 0) is 28.6 Å². The van der Waals surface area contributed by atoms with Gasteiger partial charge in [0.05, 0.1) is 0 Å². The number of hydrogen-bond acceptors (Lipinski definition) is 6. The van der Waals surface area contributed by atoms with Crippen LogP contribution in [0.15, 0.2) is 36.5 Å². The number of allylic oxidation sites excluding steroid dienone is 6. The van der Waals surface area contributed by atoms with Crippen LogP contribution in [-0.4, -0.2) is 37.2 Å². The Morgan fingerprint density at radius 3 is 0.862 bits per heavy atom. The number of carbonyl (C=O) groups excluding carboxylic acids is 3. The van der Waals surface area contributed by atoms with Gasteiger partial charge in [0.15, 0.2) is 6.10 Å². The summed E-state index contributed by atoms with van der Waals surface area (Å²) in [7, 11) is 0. The third kappa shape index (κ3) is 52.5. The zero-order valence-corrected chi connectivity index (χ0v) is 43.5. The molecule has 65 heavy (non-hydrogen) atoms. The molecule has 0 aliphatic carbocycles. The summed E-state index contributed by atoms with van der Waals surface area (Å²) in [5.41, 5.74) is 0. The number of unbranched alkanes of at least 4 members (excludes halogenated alkanes) is 35. The van der Waals surface area contributed by atoms with Crippen LogP contribution >= 0.6 is 0 Å². The van der Waals surface area contributed by atoms with E-state index in [1.54, 1.807) is 0 Å². The second-order valence-corrected chi connectivity index (χ2v) is 19.2. The minimum Gasteiger partial charge on any atom is -0.462 e. The zero-order chi connectivity index (χ0) is 47.2. The fraction of sp³-hybridized carbons (Fsp3) is 0.847. The second-order valence-electron chi connectivity index (χ2n) is 19.2. The summed E-state index contributed by atoms with van der Waals surface area (Å²) in [6, 6.07) is 0. The minimum absolute atomic E-state index is 0.0726. The van der Waals surface area contributed by atoms with Gasteiger partial charge in [-0.2, -0.15) is 0 Å². The van der Waals surface area contributed by atoms with Gasteiger partial charge < -0.3 is 14.2 Å². The van der Waals surface area contributed by atoms with E-state index < -0.39 is 6.10 Å². The Morgan fingerprint density at radius 2 is 0.554 bits per heavy atom. The maximum atomic E-state index is 12.8. The molecule has 0 N–H and O–H groups in total. The van der Waals surface area contributed by atoms with Gasteiger partial charge in [0.2, 0.25) is 0 Å². The first-order valence-electron chi connectivity index (χ1n) is 28.5. The average molecular weight is 914 g/mol. The second kappa shape index (κ2) is 54.2. The molecule has 0 heterocycles. The molecule has 0 aliphatic rings. The van der Waals surface area contributed by atoms with Crippen molar-refractivity contribution in [2.75, 3.05) is 13.2 Å². The standard InChI is InChI=1S/C59H108O6/c1-4-7-10-13-16-19-21-23-25-27-29-30-31-33-34-36-38-40-43-46-49-52-58(61)64-55-56(54-63-57(60)51-48-45-42-18-15-12-9-6-3)65-59(62)53-50-47-44-41-39-37-35-32-28-26-24-22-20-17-14-11-8-5-2/h21,23,27,29,31,33,56H,4-20,22,24-26,28,30,32,34-55H2,1-3H3/b23-21-,29-27-,33-31-. The highest BCUT2D eigenvalue weighted by atomic mass is 16.6. The molecule has 1 unspecified atom stereocenters. The first-order chi connectivity index (χ1) is 32.0. The first-order valence-corrected chi connectivity index (χ1v) is 28.5. The van der Waals surface area contributed by atoms with E-state index in [0.29, 0.717) is 19.3 Å². The molecule has 1 atom stereocenters. The SMILES string of the molecule is CCCCCCC/C=C\C/C=C\C/C=C\CCCCCCCCC(=O)OCC(COC(=O)CCCCCCCCCC)OC(=O)CCCCCCCCCCCCCCCCCCCC. The number of carbonyl (C=O) groups is 3. The summed E-state index contributed by atoms with van der Waals surface area (Å²) in [4.78, 5) is 38.0. The van der Waals surface area contributed by atoms with Crippen LogP contribution in [0.1, 0.15) is 303 Å². The Morgan fingerprint density at radius 1 is 0.308 bits per heavy atom.